The number of benzene rings is 1. The zero-order chi connectivity index (χ0) is 17.9. The van der Waals surface area contributed by atoms with Gasteiger partial charge in [0.05, 0.1) is 12.3 Å². The van der Waals surface area contributed by atoms with Crippen molar-refractivity contribution in [1.29, 1.82) is 0 Å². The molecular weight excluding hydrogens is 308 g/mol. The van der Waals surface area contributed by atoms with Crippen molar-refractivity contribution < 1.29 is 19.5 Å². The predicted molar refractivity (Wildman–Crippen MR) is 90.9 cm³/mol. The number of amides is 2. The lowest BCUT2D eigenvalue weighted by Crippen LogP contribution is -2.38. The van der Waals surface area contributed by atoms with Crippen LogP contribution in [-0.2, 0) is 14.4 Å². The zero-order valence-corrected chi connectivity index (χ0v) is 14.4. The summed E-state index contributed by atoms with van der Waals surface area (Å²) in [5.74, 6) is -1.54. The Hall–Kier alpha value is -2.37. The Balaban J connectivity index is 2.12. The normalized spacial score (nSPS) is 17.2. The Morgan fingerprint density at radius 3 is 2.67 bits per heavy atom. The third-order valence-corrected chi connectivity index (χ3v) is 4.63. The summed E-state index contributed by atoms with van der Waals surface area (Å²) in [6.07, 6.45) is 0.0940. The van der Waals surface area contributed by atoms with Gasteiger partial charge >= 0.3 is 5.97 Å². The van der Waals surface area contributed by atoms with Crippen molar-refractivity contribution in [3.63, 3.8) is 0 Å². The van der Waals surface area contributed by atoms with Gasteiger partial charge in [0, 0.05) is 31.7 Å². The summed E-state index contributed by atoms with van der Waals surface area (Å²) in [6.45, 7) is 6.76. The number of hydrogen-bond acceptors (Lipinski definition) is 3. The van der Waals surface area contributed by atoms with Gasteiger partial charge in [0.25, 0.3) is 0 Å². The Bertz CT molecular complexity index is 656. The SMILES string of the molecule is CCN(CCC(=O)O)C(=O)C1CC(=O)N(c2cccc(C)c2C)C1. The first-order valence-electron chi connectivity index (χ1n) is 8.22. The zero-order valence-electron chi connectivity index (χ0n) is 14.4. The number of anilines is 1. The number of aryl methyl sites for hydroxylation is 1. The second-order valence-corrected chi connectivity index (χ2v) is 6.19. The van der Waals surface area contributed by atoms with Crippen LogP contribution in [0.25, 0.3) is 0 Å². The molecule has 0 saturated carbocycles. The number of nitrogens with zero attached hydrogens (tertiary/aromatic N) is 2. The first kappa shape index (κ1) is 18.0. The van der Waals surface area contributed by atoms with Crippen LogP contribution in [0.2, 0.25) is 0 Å². The molecule has 6 heteroatoms. The summed E-state index contributed by atoms with van der Waals surface area (Å²) in [5, 5.41) is 8.79. The van der Waals surface area contributed by atoms with Crippen LogP contribution >= 0.6 is 0 Å². The Labute approximate surface area is 142 Å². The van der Waals surface area contributed by atoms with Gasteiger partial charge in [-0.1, -0.05) is 12.1 Å². The highest BCUT2D eigenvalue weighted by Gasteiger charge is 2.37. The third-order valence-electron chi connectivity index (χ3n) is 4.63. The van der Waals surface area contributed by atoms with Gasteiger partial charge in [-0.05, 0) is 38.0 Å². The van der Waals surface area contributed by atoms with E-state index >= 15 is 0 Å². The lowest BCUT2D eigenvalue weighted by molar-refractivity contribution is -0.139. The van der Waals surface area contributed by atoms with Crippen LogP contribution in [-0.4, -0.2) is 47.4 Å². The first-order valence-corrected chi connectivity index (χ1v) is 8.22. The molecule has 130 valence electrons. The van der Waals surface area contributed by atoms with E-state index in [1.54, 1.807) is 4.90 Å². The minimum Gasteiger partial charge on any atom is -0.481 e. The number of carboxylic acid groups (broad SMARTS) is 1. The van der Waals surface area contributed by atoms with E-state index in [9.17, 15) is 14.4 Å². The third kappa shape index (κ3) is 3.75. The number of carboxylic acids is 1. The van der Waals surface area contributed by atoms with Crippen LogP contribution in [0.5, 0.6) is 0 Å². The van der Waals surface area contributed by atoms with Gasteiger partial charge in [-0.3, -0.25) is 14.4 Å². The maximum Gasteiger partial charge on any atom is 0.305 e. The molecule has 0 radical (unpaired) electrons. The van der Waals surface area contributed by atoms with Crippen LogP contribution < -0.4 is 4.90 Å². The molecule has 1 heterocycles. The van der Waals surface area contributed by atoms with Crippen molar-refractivity contribution in [3.05, 3.63) is 29.3 Å². The molecule has 24 heavy (non-hydrogen) atoms. The van der Waals surface area contributed by atoms with E-state index in [2.05, 4.69) is 0 Å². The van der Waals surface area contributed by atoms with E-state index in [-0.39, 0.29) is 31.2 Å². The second kappa shape index (κ2) is 7.47. The highest BCUT2D eigenvalue weighted by molar-refractivity contribution is 6.01. The van der Waals surface area contributed by atoms with Gasteiger partial charge in [-0.15, -0.1) is 0 Å². The maximum atomic E-state index is 12.6. The number of rotatable bonds is 6. The molecule has 1 unspecified atom stereocenters. The average molecular weight is 332 g/mol. The van der Waals surface area contributed by atoms with Crippen LogP contribution in [0, 0.1) is 19.8 Å². The van der Waals surface area contributed by atoms with Gasteiger partial charge in [0.1, 0.15) is 0 Å². The van der Waals surface area contributed by atoms with Crippen molar-refractivity contribution >= 4 is 23.5 Å². The fourth-order valence-corrected chi connectivity index (χ4v) is 3.05. The number of carbonyl (C=O) groups is 3. The molecule has 1 aliphatic heterocycles. The van der Waals surface area contributed by atoms with Crippen LogP contribution in [0.3, 0.4) is 0 Å². The molecule has 2 rings (SSSR count). The van der Waals surface area contributed by atoms with Crippen molar-refractivity contribution in [2.24, 2.45) is 5.92 Å². The first-order chi connectivity index (χ1) is 11.3. The minimum atomic E-state index is -0.930. The maximum absolute atomic E-state index is 12.6. The number of carbonyl (C=O) groups excluding carboxylic acids is 2. The summed E-state index contributed by atoms with van der Waals surface area (Å²) < 4.78 is 0. The monoisotopic (exact) mass is 332 g/mol. The molecule has 1 N–H and O–H groups in total. The fraction of sp³-hybridized carbons (Fsp3) is 0.500. The molecule has 1 aromatic carbocycles. The smallest absolute Gasteiger partial charge is 0.305 e. The molecule has 6 nitrogen and oxygen atoms in total. The van der Waals surface area contributed by atoms with Gasteiger partial charge < -0.3 is 14.9 Å². The molecule has 1 atom stereocenters. The molecule has 0 spiro atoms. The topological polar surface area (TPSA) is 77.9 Å². The highest BCUT2D eigenvalue weighted by Crippen LogP contribution is 2.30. The molecule has 1 saturated heterocycles. The van der Waals surface area contributed by atoms with Crippen molar-refractivity contribution in [2.75, 3.05) is 24.5 Å². The summed E-state index contributed by atoms with van der Waals surface area (Å²) in [6, 6.07) is 5.80. The van der Waals surface area contributed by atoms with E-state index < -0.39 is 11.9 Å². The van der Waals surface area contributed by atoms with Crippen LogP contribution in [0.15, 0.2) is 18.2 Å². The summed E-state index contributed by atoms with van der Waals surface area (Å²) in [5.41, 5.74) is 2.99. The van der Waals surface area contributed by atoms with E-state index in [0.29, 0.717) is 13.1 Å². The summed E-state index contributed by atoms with van der Waals surface area (Å²) in [4.78, 5) is 38.9. The van der Waals surface area contributed by atoms with Gasteiger partial charge in [-0.2, -0.15) is 0 Å². The summed E-state index contributed by atoms with van der Waals surface area (Å²) >= 11 is 0. The van der Waals surface area contributed by atoms with E-state index in [4.69, 9.17) is 5.11 Å². The van der Waals surface area contributed by atoms with Crippen molar-refractivity contribution in [3.8, 4) is 0 Å². The number of aliphatic carboxylic acids is 1. The quantitative estimate of drug-likeness (QED) is 0.864. The largest absolute Gasteiger partial charge is 0.481 e. The van der Waals surface area contributed by atoms with Gasteiger partial charge in [0.2, 0.25) is 11.8 Å². The van der Waals surface area contributed by atoms with Gasteiger partial charge in [0.15, 0.2) is 0 Å². The lowest BCUT2D eigenvalue weighted by atomic mass is 10.1. The average Bonchev–Trinajstić information content (AvgIpc) is 2.92. The molecule has 0 bridgehead atoms. The molecule has 2 amide bonds. The predicted octanol–water partition coefficient (Wildman–Crippen LogP) is 1.98. The van der Waals surface area contributed by atoms with Crippen molar-refractivity contribution in [2.45, 2.75) is 33.6 Å². The molecule has 1 aromatic rings. The van der Waals surface area contributed by atoms with E-state index in [1.165, 1.54) is 4.90 Å². The van der Waals surface area contributed by atoms with E-state index in [0.717, 1.165) is 16.8 Å². The Kier molecular flexibility index (Phi) is 5.59. The molecule has 1 fully saturated rings. The van der Waals surface area contributed by atoms with Crippen LogP contribution in [0.1, 0.15) is 30.9 Å². The lowest BCUT2D eigenvalue weighted by Gasteiger charge is -2.24. The van der Waals surface area contributed by atoms with E-state index in [1.807, 2.05) is 39.0 Å². The molecule has 1 aliphatic rings. The second-order valence-electron chi connectivity index (χ2n) is 6.19. The summed E-state index contributed by atoms with van der Waals surface area (Å²) in [7, 11) is 0. The Morgan fingerprint density at radius 1 is 1.33 bits per heavy atom. The number of hydrogen-bond donors (Lipinski definition) is 1. The standard InChI is InChI=1S/C18H24N2O4/c1-4-19(9-8-17(22)23)18(24)14-10-16(21)20(11-14)15-7-5-6-12(2)13(15)3/h5-7,14H,4,8-11H2,1-3H3,(H,22,23). The molecule has 0 aliphatic carbocycles. The van der Waals surface area contributed by atoms with Crippen molar-refractivity contribution in [1.82, 2.24) is 4.90 Å². The highest BCUT2D eigenvalue weighted by atomic mass is 16.4. The molecular formula is C18H24N2O4. The Morgan fingerprint density at radius 2 is 2.04 bits per heavy atom. The van der Waals surface area contributed by atoms with Gasteiger partial charge in [-0.25, -0.2) is 0 Å². The fourth-order valence-electron chi connectivity index (χ4n) is 3.05. The molecule has 0 aromatic heterocycles. The minimum absolute atomic E-state index is 0.0589. The van der Waals surface area contributed by atoms with Crippen LogP contribution in [0.4, 0.5) is 5.69 Å².